The molecule has 4 rings (SSSR count). The van der Waals surface area contributed by atoms with E-state index in [1.165, 1.54) is 65.2 Å². The summed E-state index contributed by atoms with van der Waals surface area (Å²) in [4.78, 5) is 13.0. The third-order valence-corrected chi connectivity index (χ3v) is 6.76. The molecule has 0 saturated carbocycles. The number of carboxylic acids is 1. The summed E-state index contributed by atoms with van der Waals surface area (Å²) >= 11 is 1.24. The molecule has 3 aromatic carbocycles. The number of benzene rings is 3. The molecule has 0 aliphatic carbocycles. The lowest BCUT2D eigenvalue weighted by molar-refractivity contribution is -0.138. The van der Waals surface area contributed by atoms with E-state index in [-0.39, 0.29) is 17.7 Å². The van der Waals surface area contributed by atoms with E-state index in [1.54, 1.807) is 12.1 Å². The van der Waals surface area contributed by atoms with Crippen LogP contribution < -0.4 is 4.90 Å². The van der Waals surface area contributed by atoms with E-state index >= 15 is 0 Å². The van der Waals surface area contributed by atoms with Gasteiger partial charge in [0, 0.05) is 11.4 Å². The van der Waals surface area contributed by atoms with Crippen LogP contribution in [0.5, 0.6) is 0 Å². The Labute approximate surface area is 191 Å². The highest BCUT2D eigenvalue weighted by atomic mass is 32.2. The zero-order chi connectivity index (χ0) is 23.8. The molecule has 33 heavy (non-hydrogen) atoms. The fourth-order valence-corrected chi connectivity index (χ4v) is 5.20. The van der Waals surface area contributed by atoms with Gasteiger partial charge in [0.2, 0.25) is 0 Å². The summed E-state index contributed by atoms with van der Waals surface area (Å²) in [7, 11) is 0. The van der Waals surface area contributed by atoms with Gasteiger partial charge in [0.25, 0.3) is 0 Å². The molecule has 0 radical (unpaired) electrons. The zero-order valence-corrected chi connectivity index (χ0v) is 17.9. The number of carboxylic acid groups (broad SMARTS) is 1. The van der Waals surface area contributed by atoms with Crippen molar-refractivity contribution < 1.29 is 32.6 Å². The maximum atomic E-state index is 13.9. The Morgan fingerprint density at radius 2 is 1.73 bits per heavy atom. The minimum absolute atomic E-state index is 0.00390. The Hall–Kier alpha value is -3.04. The van der Waals surface area contributed by atoms with Crippen molar-refractivity contribution in [1.29, 1.82) is 0 Å². The standard InChI is InChI=1S/C24H19F4NO3S/c25-17-9-10-19-20(12-17)33-21(11-14-5-7-15(8-6-14)23(31)32)22(30)29(19)13-16-3-1-2-4-18(16)24(26,27)28/h1-10,12,21-22,30H,11,13H2,(H,31,32). The Morgan fingerprint density at radius 1 is 1.03 bits per heavy atom. The van der Waals surface area contributed by atoms with E-state index in [1.807, 2.05) is 0 Å². The largest absolute Gasteiger partial charge is 0.478 e. The number of carbonyl (C=O) groups is 1. The van der Waals surface area contributed by atoms with E-state index in [0.29, 0.717) is 17.0 Å². The predicted octanol–water partition coefficient (Wildman–Crippen LogP) is 5.58. The van der Waals surface area contributed by atoms with E-state index in [9.17, 15) is 27.5 Å². The number of anilines is 1. The number of halogens is 4. The van der Waals surface area contributed by atoms with E-state index < -0.39 is 35.0 Å². The summed E-state index contributed by atoms with van der Waals surface area (Å²) in [6, 6.07) is 15.3. The van der Waals surface area contributed by atoms with Gasteiger partial charge in [-0.25, -0.2) is 9.18 Å². The number of hydrogen-bond acceptors (Lipinski definition) is 4. The first-order valence-corrected chi connectivity index (χ1v) is 10.9. The average Bonchev–Trinajstić information content (AvgIpc) is 2.76. The topological polar surface area (TPSA) is 60.8 Å². The highest BCUT2D eigenvalue weighted by Crippen LogP contribution is 2.44. The summed E-state index contributed by atoms with van der Waals surface area (Å²) in [5, 5.41) is 19.7. The molecule has 9 heteroatoms. The number of nitrogens with zero attached hydrogens (tertiary/aromatic N) is 1. The van der Waals surface area contributed by atoms with Gasteiger partial charge >= 0.3 is 12.1 Å². The Morgan fingerprint density at radius 3 is 2.39 bits per heavy atom. The number of thioether (sulfide) groups is 1. The normalized spacial score (nSPS) is 18.2. The SMILES string of the molecule is O=C(O)c1ccc(CC2Sc3cc(F)ccc3N(Cc3ccccc3C(F)(F)F)C2O)cc1. The second-order valence-corrected chi connectivity index (χ2v) is 8.95. The Bertz CT molecular complexity index is 1170. The lowest BCUT2D eigenvalue weighted by Crippen LogP contribution is -2.46. The number of fused-ring (bicyclic) bond motifs is 1. The van der Waals surface area contributed by atoms with Crippen LogP contribution in [0.1, 0.15) is 27.0 Å². The van der Waals surface area contributed by atoms with Crippen molar-refractivity contribution in [2.45, 2.75) is 35.5 Å². The van der Waals surface area contributed by atoms with Gasteiger partial charge in [0.05, 0.1) is 22.1 Å². The number of alkyl halides is 3. The molecule has 0 aromatic heterocycles. The summed E-state index contributed by atoms with van der Waals surface area (Å²) in [5.74, 6) is -1.55. The second-order valence-electron chi connectivity index (χ2n) is 7.67. The summed E-state index contributed by atoms with van der Waals surface area (Å²) in [6.07, 6.45) is -5.41. The number of aliphatic hydroxyl groups is 1. The van der Waals surface area contributed by atoms with Gasteiger partial charge in [-0.05, 0) is 53.9 Å². The molecular formula is C24H19F4NO3S. The van der Waals surface area contributed by atoms with Gasteiger partial charge < -0.3 is 15.1 Å². The fourth-order valence-electron chi connectivity index (χ4n) is 3.85. The van der Waals surface area contributed by atoms with Crippen LogP contribution in [-0.4, -0.2) is 27.7 Å². The first-order valence-electron chi connectivity index (χ1n) is 10.0. The van der Waals surface area contributed by atoms with Crippen molar-refractivity contribution in [1.82, 2.24) is 0 Å². The van der Waals surface area contributed by atoms with Crippen LogP contribution in [0, 0.1) is 5.82 Å². The van der Waals surface area contributed by atoms with Crippen molar-refractivity contribution in [3.8, 4) is 0 Å². The van der Waals surface area contributed by atoms with Gasteiger partial charge in [0.1, 0.15) is 12.0 Å². The molecule has 3 aromatic rings. The van der Waals surface area contributed by atoms with Gasteiger partial charge in [-0.1, -0.05) is 30.3 Å². The number of hydrogen-bond donors (Lipinski definition) is 2. The van der Waals surface area contributed by atoms with Crippen molar-refractivity contribution in [3.05, 3.63) is 94.8 Å². The van der Waals surface area contributed by atoms with Crippen LogP contribution in [0.4, 0.5) is 23.2 Å². The highest BCUT2D eigenvalue weighted by molar-refractivity contribution is 8.00. The Kier molecular flexibility index (Phi) is 6.36. The van der Waals surface area contributed by atoms with Gasteiger partial charge in [-0.3, -0.25) is 0 Å². The number of rotatable bonds is 5. The van der Waals surface area contributed by atoms with Crippen LogP contribution in [-0.2, 0) is 19.1 Å². The van der Waals surface area contributed by atoms with Gasteiger partial charge in [-0.15, -0.1) is 11.8 Å². The fraction of sp³-hybridized carbons (Fsp3) is 0.208. The molecule has 2 unspecified atom stereocenters. The number of aromatic carboxylic acids is 1. The molecule has 1 heterocycles. The third kappa shape index (κ3) is 4.99. The van der Waals surface area contributed by atoms with Crippen molar-refractivity contribution >= 4 is 23.4 Å². The van der Waals surface area contributed by atoms with Crippen molar-refractivity contribution in [2.75, 3.05) is 4.90 Å². The molecular weight excluding hydrogens is 458 g/mol. The minimum Gasteiger partial charge on any atom is -0.478 e. The molecule has 1 aliphatic heterocycles. The van der Waals surface area contributed by atoms with E-state index in [0.717, 1.165) is 11.6 Å². The Balaban J connectivity index is 1.67. The number of aliphatic hydroxyl groups excluding tert-OH is 1. The van der Waals surface area contributed by atoms with Crippen LogP contribution >= 0.6 is 11.8 Å². The summed E-state index contributed by atoms with van der Waals surface area (Å²) in [6.45, 7) is -0.218. The average molecular weight is 477 g/mol. The first-order chi connectivity index (χ1) is 15.6. The highest BCUT2D eigenvalue weighted by Gasteiger charge is 2.37. The predicted molar refractivity (Wildman–Crippen MR) is 117 cm³/mol. The van der Waals surface area contributed by atoms with E-state index in [4.69, 9.17) is 5.11 Å². The van der Waals surface area contributed by atoms with Gasteiger partial charge in [-0.2, -0.15) is 13.2 Å². The van der Waals surface area contributed by atoms with Crippen molar-refractivity contribution in [3.63, 3.8) is 0 Å². The quantitative estimate of drug-likeness (QED) is 0.470. The van der Waals surface area contributed by atoms with Crippen LogP contribution in [0.25, 0.3) is 0 Å². The molecule has 0 amide bonds. The van der Waals surface area contributed by atoms with Crippen LogP contribution in [0.3, 0.4) is 0 Å². The minimum atomic E-state index is -4.55. The molecule has 1 aliphatic rings. The molecule has 2 N–H and O–H groups in total. The summed E-state index contributed by atoms with van der Waals surface area (Å²) in [5.41, 5.74) is 0.513. The molecule has 0 bridgehead atoms. The molecule has 0 fully saturated rings. The first kappa shape index (κ1) is 23.1. The molecule has 2 atom stereocenters. The van der Waals surface area contributed by atoms with E-state index in [2.05, 4.69) is 0 Å². The lowest BCUT2D eigenvalue weighted by atomic mass is 10.0. The van der Waals surface area contributed by atoms with Gasteiger partial charge in [0.15, 0.2) is 0 Å². The molecule has 4 nitrogen and oxygen atoms in total. The second kappa shape index (κ2) is 9.07. The maximum Gasteiger partial charge on any atom is 0.416 e. The smallest absolute Gasteiger partial charge is 0.416 e. The van der Waals surface area contributed by atoms with Crippen LogP contribution in [0.15, 0.2) is 71.6 Å². The lowest BCUT2D eigenvalue weighted by Gasteiger charge is -2.40. The third-order valence-electron chi connectivity index (χ3n) is 5.46. The monoisotopic (exact) mass is 477 g/mol. The van der Waals surface area contributed by atoms with Crippen LogP contribution in [0.2, 0.25) is 0 Å². The van der Waals surface area contributed by atoms with Crippen molar-refractivity contribution in [2.24, 2.45) is 0 Å². The summed E-state index contributed by atoms with van der Waals surface area (Å²) < 4.78 is 54.5. The maximum absolute atomic E-state index is 13.9. The molecule has 0 spiro atoms. The molecule has 0 saturated heterocycles. The molecule has 172 valence electrons. The zero-order valence-electron chi connectivity index (χ0n) is 17.1.